The van der Waals surface area contributed by atoms with Gasteiger partial charge in [0.05, 0.1) is 6.61 Å². The minimum absolute atomic E-state index is 0.309. The van der Waals surface area contributed by atoms with Crippen LogP contribution in [0.3, 0.4) is 0 Å². The van der Waals surface area contributed by atoms with Gasteiger partial charge < -0.3 is 9.47 Å². The van der Waals surface area contributed by atoms with Gasteiger partial charge in [-0.1, -0.05) is 0 Å². The summed E-state index contributed by atoms with van der Waals surface area (Å²) in [5.41, 5.74) is 1.12. The Morgan fingerprint density at radius 3 is 2.90 bits per heavy atom. The van der Waals surface area contributed by atoms with Crippen LogP contribution in [0.5, 0.6) is 5.88 Å². The molecule has 0 amide bonds. The summed E-state index contributed by atoms with van der Waals surface area (Å²) in [4.78, 5) is 20.5. The van der Waals surface area contributed by atoms with Crippen LogP contribution < -0.4 is 4.74 Å². The summed E-state index contributed by atoms with van der Waals surface area (Å²) in [7, 11) is 0. The van der Waals surface area contributed by atoms with Gasteiger partial charge in [0, 0.05) is 17.3 Å². The van der Waals surface area contributed by atoms with Crippen molar-refractivity contribution in [3.8, 4) is 5.88 Å². The molecule has 0 N–H and O–H groups in total. The molecule has 5 nitrogen and oxygen atoms in total. The van der Waals surface area contributed by atoms with Crippen molar-refractivity contribution < 1.29 is 14.3 Å². The van der Waals surface area contributed by atoms with Gasteiger partial charge in [-0.3, -0.25) is 0 Å². The van der Waals surface area contributed by atoms with Crippen LogP contribution in [0.15, 0.2) is 23.7 Å². The topological polar surface area (TPSA) is 61.3 Å². The first-order valence-electron chi connectivity index (χ1n) is 6.32. The number of carbonyl (C=O) groups excluding carboxylic acids is 1. The Hall–Kier alpha value is -1.95. The van der Waals surface area contributed by atoms with Crippen molar-refractivity contribution in [2.75, 3.05) is 6.61 Å². The molecule has 0 saturated heterocycles. The molecular weight excluding hydrogens is 276 g/mol. The minimum atomic E-state index is -0.455. The molecule has 0 aliphatic rings. The van der Waals surface area contributed by atoms with Crippen LogP contribution in [0.4, 0.5) is 0 Å². The number of ether oxygens (including phenoxy) is 2. The van der Waals surface area contributed by atoms with Crippen LogP contribution in [-0.2, 0) is 4.74 Å². The molecule has 2 heterocycles. The van der Waals surface area contributed by atoms with E-state index in [1.165, 1.54) is 11.3 Å². The lowest BCUT2D eigenvalue weighted by molar-refractivity contribution is 0.0332. The molecule has 2 rings (SSSR count). The first kappa shape index (κ1) is 14.5. The first-order valence-corrected chi connectivity index (χ1v) is 7.20. The molecule has 1 atom stereocenters. The highest BCUT2D eigenvalue weighted by atomic mass is 32.1. The second-order valence-corrected chi connectivity index (χ2v) is 5.08. The number of hydrogen-bond acceptors (Lipinski definition) is 6. The smallest absolute Gasteiger partial charge is 0.344 e. The van der Waals surface area contributed by atoms with Crippen molar-refractivity contribution in [3.63, 3.8) is 0 Å². The standard InChI is InChI=1S/C14H16N2O3S/c1-4-18-12-11(6-5-9(2)16-12)14(17)19-10(3)13-15-7-8-20-13/h5-8,10H,4H2,1-3H3/t10-/m1/s1. The third-order valence-corrected chi connectivity index (χ3v) is 3.52. The number of esters is 1. The molecule has 0 unspecified atom stereocenters. The molecule has 0 fully saturated rings. The predicted octanol–water partition coefficient (Wildman–Crippen LogP) is 3.16. The molecule has 0 bridgehead atoms. The molecule has 6 heteroatoms. The fourth-order valence-electron chi connectivity index (χ4n) is 1.64. The van der Waals surface area contributed by atoms with Crippen molar-refractivity contribution in [2.24, 2.45) is 0 Å². The first-order chi connectivity index (χ1) is 9.61. The summed E-state index contributed by atoms with van der Waals surface area (Å²) < 4.78 is 10.8. The molecule has 0 aromatic carbocycles. The van der Waals surface area contributed by atoms with Crippen LogP contribution >= 0.6 is 11.3 Å². The number of hydrogen-bond donors (Lipinski definition) is 0. The van der Waals surface area contributed by atoms with Crippen LogP contribution in [0.2, 0.25) is 0 Å². The highest BCUT2D eigenvalue weighted by molar-refractivity contribution is 7.09. The van der Waals surface area contributed by atoms with Gasteiger partial charge in [0.25, 0.3) is 0 Å². The van der Waals surface area contributed by atoms with E-state index in [0.717, 1.165) is 10.7 Å². The van der Waals surface area contributed by atoms with Crippen LogP contribution in [0.1, 0.15) is 41.0 Å². The number of thiazole rings is 1. The van der Waals surface area contributed by atoms with Crippen molar-refractivity contribution in [1.29, 1.82) is 0 Å². The predicted molar refractivity (Wildman–Crippen MR) is 76.1 cm³/mol. The van der Waals surface area contributed by atoms with E-state index >= 15 is 0 Å². The summed E-state index contributed by atoms with van der Waals surface area (Å²) >= 11 is 1.45. The highest BCUT2D eigenvalue weighted by Crippen LogP contribution is 2.23. The molecule has 0 spiro atoms. The average molecular weight is 292 g/mol. The van der Waals surface area contributed by atoms with E-state index in [-0.39, 0.29) is 0 Å². The Labute approximate surface area is 121 Å². The molecule has 0 radical (unpaired) electrons. The Kier molecular flexibility index (Phi) is 4.68. The third-order valence-electron chi connectivity index (χ3n) is 2.58. The number of nitrogens with zero attached hydrogens (tertiary/aromatic N) is 2. The van der Waals surface area contributed by atoms with Gasteiger partial charge in [-0.05, 0) is 32.9 Å². The van der Waals surface area contributed by atoms with E-state index in [4.69, 9.17) is 9.47 Å². The molecule has 0 aliphatic carbocycles. The van der Waals surface area contributed by atoms with Gasteiger partial charge in [0.15, 0.2) is 6.10 Å². The van der Waals surface area contributed by atoms with E-state index in [9.17, 15) is 4.79 Å². The maximum atomic E-state index is 12.2. The second kappa shape index (κ2) is 6.47. The Morgan fingerprint density at radius 2 is 2.25 bits per heavy atom. The maximum Gasteiger partial charge on any atom is 0.344 e. The fourth-order valence-corrected chi connectivity index (χ4v) is 2.27. The Bertz CT molecular complexity index is 584. The van der Waals surface area contributed by atoms with E-state index in [1.807, 2.05) is 19.2 Å². The van der Waals surface area contributed by atoms with Gasteiger partial charge >= 0.3 is 5.97 Å². The van der Waals surface area contributed by atoms with Crippen molar-refractivity contribution in [3.05, 3.63) is 40.0 Å². The zero-order valence-corrected chi connectivity index (χ0v) is 12.4. The van der Waals surface area contributed by atoms with E-state index in [1.54, 1.807) is 25.3 Å². The van der Waals surface area contributed by atoms with Crippen LogP contribution in [-0.4, -0.2) is 22.5 Å². The fraction of sp³-hybridized carbons (Fsp3) is 0.357. The highest BCUT2D eigenvalue weighted by Gasteiger charge is 2.20. The molecule has 20 heavy (non-hydrogen) atoms. The summed E-state index contributed by atoms with van der Waals surface area (Å²) in [6, 6.07) is 3.43. The van der Waals surface area contributed by atoms with Crippen molar-refractivity contribution in [2.45, 2.75) is 26.9 Å². The normalized spacial score (nSPS) is 11.9. The largest absolute Gasteiger partial charge is 0.477 e. The Balaban J connectivity index is 2.16. The summed E-state index contributed by atoms with van der Waals surface area (Å²) in [5.74, 6) is -0.146. The van der Waals surface area contributed by atoms with Gasteiger partial charge in [-0.25, -0.2) is 14.8 Å². The molecule has 0 aliphatic heterocycles. The summed E-state index contributed by atoms with van der Waals surface area (Å²) in [6.07, 6.45) is 1.29. The number of carbonyl (C=O) groups is 1. The van der Waals surface area contributed by atoms with Gasteiger partial charge in [0.1, 0.15) is 10.6 Å². The molecular formula is C14H16N2O3S. The molecule has 2 aromatic heterocycles. The summed E-state index contributed by atoms with van der Waals surface area (Å²) in [6.45, 7) is 5.92. The monoisotopic (exact) mass is 292 g/mol. The van der Waals surface area contributed by atoms with Crippen molar-refractivity contribution in [1.82, 2.24) is 9.97 Å². The maximum absolute atomic E-state index is 12.2. The SMILES string of the molecule is CCOc1nc(C)ccc1C(=O)O[C@H](C)c1nccs1. The lowest BCUT2D eigenvalue weighted by Gasteiger charge is -2.13. The van der Waals surface area contributed by atoms with E-state index in [2.05, 4.69) is 9.97 Å². The second-order valence-electron chi connectivity index (χ2n) is 4.16. The van der Waals surface area contributed by atoms with Crippen molar-refractivity contribution >= 4 is 17.3 Å². The summed E-state index contributed by atoms with van der Waals surface area (Å²) in [5, 5.41) is 2.61. The molecule has 106 valence electrons. The van der Waals surface area contributed by atoms with E-state index in [0.29, 0.717) is 18.1 Å². The third kappa shape index (κ3) is 3.33. The lowest BCUT2D eigenvalue weighted by atomic mass is 10.2. The van der Waals surface area contributed by atoms with Gasteiger partial charge in [0.2, 0.25) is 5.88 Å². The van der Waals surface area contributed by atoms with Gasteiger partial charge in [-0.2, -0.15) is 0 Å². The minimum Gasteiger partial charge on any atom is -0.477 e. The zero-order chi connectivity index (χ0) is 14.5. The van der Waals surface area contributed by atoms with Crippen LogP contribution in [0.25, 0.3) is 0 Å². The number of aryl methyl sites for hydroxylation is 1. The zero-order valence-electron chi connectivity index (χ0n) is 11.6. The quantitative estimate of drug-likeness (QED) is 0.792. The van der Waals surface area contributed by atoms with Crippen LogP contribution in [0, 0.1) is 6.92 Å². The lowest BCUT2D eigenvalue weighted by Crippen LogP contribution is -2.12. The molecule has 2 aromatic rings. The van der Waals surface area contributed by atoms with E-state index < -0.39 is 12.1 Å². The molecule has 0 saturated carbocycles. The average Bonchev–Trinajstić information content (AvgIpc) is 2.93. The number of aromatic nitrogens is 2. The van der Waals surface area contributed by atoms with Gasteiger partial charge in [-0.15, -0.1) is 11.3 Å². The number of rotatable bonds is 5. The Morgan fingerprint density at radius 1 is 1.45 bits per heavy atom. The number of pyridine rings is 1.